The Morgan fingerprint density at radius 1 is 1.04 bits per heavy atom. The van der Waals surface area contributed by atoms with Gasteiger partial charge in [-0.2, -0.15) is 0 Å². The van der Waals surface area contributed by atoms with Gasteiger partial charge in [-0.05, 0) is 38.1 Å². The molecule has 0 radical (unpaired) electrons. The zero-order valence-electron chi connectivity index (χ0n) is 16.3. The van der Waals surface area contributed by atoms with E-state index in [4.69, 9.17) is 8.94 Å². The zero-order valence-corrected chi connectivity index (χ0v) is 16.3. The molecular formula is C22H26N4O2. The highest BCUT2D eigenvalue weighted by atomic mass is 16.5. The molecule has 3 aromatic rings. The first-order chi connectivity index (χ1) is 13.8. The molecule has 0 bridgehead atoms. The molecule has 0 amide bonds. The molecule has 2 atom stereocenters. The molecule has 0 N–H and O–H groups in total. The van der Waals surface area contributed by atoms with Crippen molar-refractivity contribution in [3.63, 3.8) is 0 Å². The molecule has 1 saturated carbocycles. The molecule has 28 heavy (non-hydrogen) atoms. The fourth-order valence-corrected chi connectivity index (χ4v) is 4.85. The number of fused-ring (bicyclic) bond motifs is 1. The minimum atomic E-state index is 0.486. The fraction of sp³-hybridized carbons (Fsp3) is 0.500. The van der Waals surface area contributed by atoms with Gasteiger partial charge in [0.2, 0.25) is 5.89 Å². The number of benzene rings is 1. The second-order valence-corrected chi connectivity index (χ2v) is 8.16. The van der Waals surface area contributed by atoms with E-state index < -0.39 is 0 Å². The molecule has 3 heterocycles. The van der Waals surface area contributed by atoms with Gasteiger partial charge in [-0.1, -0.05) is 54.8 Å². The summed E-state index contributed by atoms with van der Waals surface area (Å²) in [6.07, 6.45) is 6.88. The highest BCUT2D eigenvalue weighted by Crippen LogP contribution is 2.37. The molecule has 5 rings (SSSR count). The maximum Gasteiger partial charge on any atom is 0.253 e. The van der Waals surface area contributed by atoms with Gasteiger partial charge in [-0.25, -0.2) is 0 Å². The van der Waals surface area contributed by atoms with Crippen molar-refractivity contribution < 1.29 is 8.94 Å². The molecule has 1 aliphatic heterocycles. The Bertz CT molecular complexity index is 933. The zero-order chi connectivity index (χ0) is 18.9. The predicted octanol–water partition coefficient (Wildman–Crippen LogP) is 4.71. The summed E-state index contributed by atoms with van der Waals surface area (Å²) in [5.41, 5.74) is 2.51. The average molecular weight is 378 g/mol. The average Bonchev–Trinajstić information content (AvgIpc) is 3.34. The van der Waals surface area contributed by atoms with E-state index in [9.17, 15) is 0 Å². The van der Waals surface area contributed by atoms with E-state index in [-0.39, 0.29) is 0 Å². The molecule has 1 saturated heterocycles. The number of likely N-dealkylation sites (tertiary alicyclic amines) is 1. The van der Waals surface area contributed by atoms with Gasteiger partial charge in [0, 0.05) is 12.1 Å². The first-order valence-electron chi connectivity index (χ1n) is 10.3. The Labute approximate surface area is 164 Å². The molecule has 2 fully saturated rings. The van der Waals surface area contributed by atoms with Crippen LogP contribution in [0, 0.1) is 18.8 Å². The van der Waals surface area contributed by atoms with E-state index in [0.717, 1.165) is 48.3 Å². The van der Waals surface area contributed by atoms with Gasteiger partial charge in [0.25, 0.3) is 5.89 Å². The monoisotopic (exact) mass is 378 g/mol. The second-order valence-electron chi connectivity index (χ2n) is 8.16. The molecule has 2 aromatic heterocycles. The van der Waals surface area contributed by atoms with Crippen molar-refractivity contribution in [3.8, 4) is 22.7 Å². The summed E-state index contributed by atoms with van der Waals surface area (Å²) in [6, 6.07) is 9.96. The maximum atomic E-state index is 6.05. The van der Waals surface area contributed by atoms with Gasteiger partial charge in [-0.15, -0.1) is 10.2 Å². The van der Waals surface area contributed by atoms with Crippen LogP contribution < -0.4 is 0 Å². The van der Waals surface area contributed by atoms with Crippen molar-refractivity contribution >= 4 is 0 Å². The van der Waals surface area contributed by atoms with E-state index in [0.29, 0.717) is 17.5 Å². The Morgan fingerprint density at radius 2 is 1.86 bits per heavy atom. The van der Waals surface area contributed by atoms with Crippen molar-refractivity contribution in [3.05, 3.63) is 42.0 Å². The largest absolute Gasteiger partial charge is 0.419 e. The molecule has 1 aliphatic carbocycles. The fourth-order valence-electron chi connectivity index (χ4n) is 4.85. The van der Waals surface area contributed by atoms with E-state index in [1.165, 1.54) is 32.1 Å². The van der Waals surface area contributed by atoms with Crippen molar-refractivity contribution in [1.29, 1.82) is 0 Å². The lowest BCUT2D eigenvalue weighted by Crippen LogP contribution is -2.41. The first-order valence-corrected chi connectivity index (χ1v) is 10.3. The van der Waals surface area contributed by atoms with Gasteiger partial charge in [0.1, 0.15) is 17.0 Å². The molecule has 1 aromatic carbocycles. The molecule has 146 valence electrons. The molecule has 6 nitrogen and oxygen atoms in total. The predicted molar refractivity (Wildman–Crippen MR) is 105 cm³/mol. The Hall–Kier alpha value is -2.47. The summed E-state index contributed by atoms with van der Waals surface area (Å²) in [6.45, 7) is 4.89. The van der Waals surface area contributed by atoms with Crippen LogP contribution in [-0.2, 0) is 6.54 Å². The molecule has 0 spiro atoms. The summed E-state index contributed by atoms with van der Waals surface area (Å²) in [7, 11) is 0. The minimum Gasteiger partial charge on any atom is -0.419 e. The van der Waals surface area contributed by atoms with E-state index >= 15 is 0 Å². The first kappa shape index (κ1) is 17.6. The van der Waals surface area contributed by atoms with Crippen LogP contribution in [0.15, 0.2) is 39.3 Å². The van der Waals surface area contributed by atoms with Crippen LogP contribution in [0.3, 0.4) is 0 Å². The van der Waals surface area contributed by atoms with Gasteiger partial charge in [-0.3, -0.25) is 4.90 Å². The SMILES string of the molecule is Cc1onc(-c2ccccc2)c1-c1nnc(CN2CC[C@H]3CCCC[C@@H]3C2)o1. The third kappa shape index (κ3) is 3.37. The second kappa shape index (κ2) is 7.51. The number of rotatable bonds is 4. The highest BCUT2D eigenvalue weighted by molar-refractivity contribution is 5.77. The van der Waals surface area contributed by atoms with Crippen molar-refractivity contribution in [2.45, 2.75) is 45.6 Å². The normalized spacial score (nSPS) is 22.9. The third-order valence-electron chi connectivity index (χ3n) is 6.32. The van der Waals surface area contributed by atoms with E-state index in [2.05, 4.69) is 20.3 Å². The molecule has 2 aliphatic rings. The summed E-state index contributed by atoms with van der Waals surface area (Å²) in [4.78, 5) is 2.47. The number of aryl methyl sites for hydroxylation is 1. The Morgan fingerprint density at radius 3 is 2.71 bits per heavy atom. The highest BCUT2D eigenvalue weighted by Gasteiger charge is 2.31. The maximum absolute atomic E-state index is 6.05. The number of hydrogen-bond acceptors (Lipinski definition) is 6. The van der Waals surface area contributed by atoms with Crippen molar-refractivity contribution in [2.24, 2.45) is 11.8 Å². The van der Waals surface area contributed by atoms with Crippen LogP contribution in [-0.4, -0.2) is 33.3 Å². The number of piperidine rings is 1. The molecule has 6 heteroatoms. The summed E-state index contributed by atoms with van der Waals surface area (Å²) < 4.78 is 11.5. The number of hydrogen-bond donors (Lipinski definition) is 0. The summed E-state index contributed by atoms with van der Waals surface area (Å²) >= 11 is 0. The quantitative estimate of drug-likeness (QED) is 0.655. The number of aromatic nitrogens is 3. The van der Waals surface area contributed by atoms with Crippen LogP contribution in [0.2, 0.25) is 0 Å². The van der Waals surface area contributed by atoms with Crippen LogP contribution in [0.25, 0.3) is 22.7 Å². The van der Waals surface area contributed by atoms with Gasteiger partial charge in [0.15, 0.2) is 0 Å². The summed E-state index contributed by atoms with van der Waals surface area (Å²) in [5, 5.41) is 12.8. The van der Waals surface area contributed by atoms with Crippen LogP contribution in [0.1, 0.15) is 43.8 Å². The lowest BCUT2D eigenvalue weighted by molar-refractivity contribution is 0.0763. The lowest BCUT2D eigenvalue weighted by atomic mass is 9.75. The standard InChI is InChI=1S/C22H26N4O2/c1-15-20(21(25-28-15)17-8-3-2-4-9-17)22-24-23-19(27-22)14-26-12-11-16-7-5-6-10-18(16)13-26/h2-4,8-9,16,18H,5-7,10-14H2,1H3/t16-,18-/m1/s1. The van der Waals surface area contributed by atoms with Crippen LogP contribution in [0.5, 0.6) is 0 Å². The Balaban J connectivity index is 1.34. The topological polar surface area (TPSA) is 68.2 Å². The van der Waals surface area contributed by atoms with Crippen molar-refractivity contribution in [2.75, 3.05) is 13.1 Å². The van der Waals surface area contributed by atoms with Crippen LogP contribution in [0.4, 0.5) is 0 Å². The summed E-state index contributed by atoms with van der Waals surface area (Å²) in [5.74, 6) is 3.62. The van der Waals surface area contributed by atoms with Crippen molar-refractivity contribution in [1.82, 2.24) is 20.3 Å². The van der Waals surface area contributed by atoms with Gasteiger partial charge in [0.05, 0.1) is 6.54 Å². The van der Waals surface area contributed by atoms with Crippen LogP contribution >= 0.6 is 0 Å². The van der Waals surface area contributed by atoms with E-state index in [1.807, 2.05) is 37.3 Å². The minimum absolute atomic E-state index is 0.486. The van der Waals surface area contributed by atoms with Gasteiger partial charge < -0.3 is 8.94 Å². The number of nitrogens with zero attached hydrogens (tertiary/aromatic N) is 4. The third-order valence-corrected chi connectivity index (χ3v) is 6.32. The lowest BCUT2D eigenvalue weighted by Gasteiger charge is -2.40. The van der Waals surface area contributed by atoms with E-state index in [1.54, 1.807) is 0 Å². The van der Waals surface area contributed by atoms with Gasteiger partial charge >= 0.3 is 0 Å². The smallest absolute Gasteiger partial charge is 0.253 e. The Kier molecular flexibility index (Phi) is 4.72. The molecular weight excluding hydrogens is 352 g/mol. The molecule has 0 unspecified atom stereocenters.